The Labute approximate surface area is 119 Å². The van der Waals surface area contributed by atoms with Crippen molar-refractivity contribution in [3.05, 3.63) is 35.4 Å². The highest BCUT2D eigenvalue weighted by molar-refractivity contribution is 5.21. The van der Waals surface area contributed by atoms with Crippen molar-refractivity contribution in [1.82, 2.24) is 10.2 Å². The van der Waals surface area contributed by atoms with Crippen LogP contribution in [0.5, 0.6) is 0 Å². The van der Waals surface area contributed by atoms with Crippen LogP contribution in [0, 0.1) is 11.6 Å². The molecule has 3 atom stereocenters. The minimum atomic E-state index is -0.778. The summed E-state index contributed by atoms with van der Waals surface area (Å²) in [5, 5.41) is 3.58. The zero-order valence-corrected chi connectivity index (χ0v) is 11.9. The Balaban J connectivity index is 1.60. The molecule has 0 radical (unpaired) electrons. The van der Waals surface area contributed by atoms with Crippen molar-refractivity contribution in [1.29, 1.82) is 0 Å². The molecule has 0 bridgehead atoms. The summed E-state index contributed by atoms with van der Waals surface area (Å²) < 4.78 is 26.3. The lowest BCUT2D eigenvalue weighted by Gasteiger charge is -2.36. The van der Waals surface area contributed by atoms with E-state index in [0.29, 0.717) is 6.04 Å². The van der Waals surface area contributed by atoms with Crippen LogP contribution in [0.4, 0.5) is 8.78 Å². The van der Waals surface area contributed by atoms with Crippen LogP contribution in [0.3, 0.4) is 0 Å². The molecule has 2 heterocycles. The lowest BCUT2D eigenvalue weighted by Crippen LogP contribution is -2.46. The van der Waals surface area contributed by atoms with E-state index in [1.807, 2.05) is 6.92 Å². The van der Waals surface area contributed by atoms with Gasteiger partial charge in [-0.25, -0.2) is 8.78 Å². The summed E-state index contributed by atoms with van der Waals surface area (Å²) in [5.74, 6) is -1.54. The number of hydrogen-bond acceptors (Lipinski definition) is 2. The van der Waals surface area contributed by atoms with Gasteiger partial charge < -0.3 is 10.2 Å². The maximum atomic E-state index is 13.3. The quantitative estimate of drug-likeness (QED) is 0.914. The van der Waals surface area contributed by atoms with Gasteiger partial charge in [-0.1, -0.05) is 6.07 Å². The van der Waals surface area contributed by atoms with Crippen molar-refractivity contribution in [2.75, 3.05) is 13.1 Å². The number of fused-ring (bicyclic) bond motifs is 1. The summed E-state index contributed by atoms with van der Waals surface area (Å²) >= 11 is 0. The molecular formula is C16H22F2N2. The first-order valence-corrected chi connectivity index (χ1v) is 7.58. The topological polar surface area (TPSA) is 15.3 Å². The van der Waals surface area contributed by atoms with E-state index in [1.54, 1.807) is 6.07 Å². The van der Waals surface area contributed by atoms with Gasteiger partial charge in [0.15, 0.2) is 11.6 Å². The molecule has 20 heavy (non-hydrogen) atoms. The highest BCUT2D eigenvalue weighted by atomic mass is 19.2. The Morgan fingerprint density at radius 2 is 2.05 bits per heavy atom. The molecule has 0 amide bonds. The minimum Gasteiger partial charge on any atom is -0.307 e. The van der Waals surface area contributed by atoms with Crippen LogP contribution in [-0.2, 0) is 0 Å². The van der Waals surface area contributed by atoms with E-state index < -0.39 is 11.6 Å². The van der Waals surface area contributed by atoms with Crippen LogP contribution >= 0.6 is 0 Å². The standard InChI is InChI=1S/C16H22F2N2/c1-11(12-4-5-15(17)16(18)9-12)19-13-6-8-20-7-2-3-14(20)10-13/h4-5,9,11,13-14,19H,2-3,6-8,10H2,1H3. The van der Waals surface area contributed by atoms with Gasteiger partial charge in [0.2, 0.25) is 0 Å². The van der Waals surface area contributed by atoms with Crippen LogP contribution < -0.4 is 5.32 Å². The van der Waals surface area contributed by atoms with Gasteiger partial charge in [-0.3, -0.25) is 0 Å². The van der Waals surface area contributed by atoms with Crippen LogP contribution in [-0.4, -0.2) is 30.1 Å². The van der Waals surface area contributed by atoms with Crippen LogP contribution in [0.15, 0.2) is 18.2 Å². The maximum absolute atomic E-state index is 13.3. The number of nitrogens with one attached hydrogen (secondary N) is 1. The predicted octanol–water partition coefficient (Wildman–Crippen LogP) is 3.24. The summed E-state index contributed by atoms with van der Waals surface area (Å²) in [6.45, 7) is 4.43. The zero-order valence-electron chi connectivity index (χ0n) is 11.9. The van der Waals surface area contributed by atoms with Crippen LogP contribution in [0.25, 0.3) is 0 Å². The molecule has 1 aromatic carbocycles. The van der Waals surface area contributed by atoms with Crippen molar-refractivity contribution >= 4 is 0 Å². The normalized spacial score (nSPS) is 28.4. The maximum Gasteiger partial charge on any atom is 0.159 e. The van der Waals surface area contributed by atoms with Gasteiger partial charge in [-0.15, -0.1) is 0 Å². The van der Waals surface area contributed by atoms with E-state index in [4.69, 9.17) is 0 Å². The first-order valence-electron chi connectivity index (χ1n) is 7.58. The molecule has 2 nitrogen and oxygen atoms in total. The molecule has 1 N–H and O–H groups in total. The van der Waals surface area contributed by atoms with E-state index >= 15 is 0 Å². The van der Waals surface area contributed by atoms with Gasteiger partial charge in [0.25, 0.3) is 0 Å². The molecule has 2 fully saturated rings. The Kier molecular flexibility index (Phi) is 4.03. The van der Waals surface area contributed by atoms with Crippen molar-refractivity contribution in [3.8, 4) is 0 Å². The molecule has 3 rings (SSSR count). The molecule has 0 saturated carbocycles. The van der Waals surface area contributed by atoms with Gasteiger partial charge >= 0.3 is 0 Å². The van der Waals surface area contributed by atoms with Gasteiger partial charge in [-0.05, 0) is 63.4 Å². The van der Waals surface area contributed by atoms with Gasteiger partial charge in [0, 0.05) is 18.1 Å². The molecule has 2 saturated heterocycles. The second kappa shape index (κ2) is 5.78. The summed E-state index contributed by atoms with van der Waals surface area (Å²) in [7, 11) is 0. The highest BCUT2D eigenvalue weighted by Gasteiger charge is 2.32. The molecule has 2 aliphatic rings. The first kappa shape index (κ1) is 14.0. The van der Waals surface area contributed by atoms with Crippen molar-refractivity contribution in [2.24, 2.45) is 0 Å². The molecule has 110 valence electrons. The van der Waals surface area contributed by atoms with Crippen molar-refractivity contribution in [3.63, 3.8) is 0 Å². The smallest absolute Gasteiger partial charge is 0.159 e. The Morgan fingerprint density at radius 3 is 2.85 bits per heavy atom. The van der Waals surface area contributed by atoms with E-state index in [-0.39, 0.29) is 6.04 Å². The SMILES string of the molecule is CC(NC1CCN2CCCC2C1)c1ccc(F)c(F)c1. The fourth-order valence-electron chi connectivity index (χ4n) is 3.61. The summed E-state index contributed by atoms with van der Waals surface area (Å²) in [6, 6.07) is 5.44. The predicted molar refractivity (Wildman–Crippen MR) is 75.5 cm³/mol. The molecule has 4 heteroatoms. The van der Waals surface area contributed by atoms with Gasteiger partial charge in [0.05, 0.1) is 0 Å². The van der Waals surface area contributed by atoms with Crippen molar-refractivity contribution < 1.29 is 8.78 Å². The fourth-order valence-corrected chi connectivity index (χ4v) is 3.61. The molecule has 2 aliphatic heterocycles. The first-order chi connectivity index (χ1) is 9.63. The molecule has 3 unspecified atom stereocenters. The number of piperidine rings is 1. The van der Waals surface area contributed by atoms with Gasteiger partial charge in [-0.2, -0.15) is 0 Å². The van der Waals surface area contributed by atoms with E-state index in [1.165, 1.54) is 37.9 Å². The molecule has 0 aliphatic carbocycles. The number of halogens is 2. The Morgan fingerprint density at radius 1 is 1.20 bits per heavy atom. The Bertz CT molecular complexity index is 478. The third kappa shape index (κ3) is 2.86. The van der Waals surface area contributed by atoms with Gasteiger partial charge in [0.1, 0.15) is 0 Å². The number of nitrogens with zero attached hydrogens (tertiary/aromatic N) is 1. The Hall–Kier alpha value is -1.00. The van der Waals surface area contributed by atoms with E-state index in [0.717, 1.165) is 24.6 Å². The highest BCUT2D eigenvalue weighted by Crippen LogP contribution is 2.28. The summed E-state index contributed by atoms with van der Waals surface area (Å²) in [5.41, 5.74) is 0.817. The lowest BCUT2D eigenvalue weighted by atomic mass is 9.96. The lowest BCUT2D eigenvalue weighted by molar-refractivity contribution is 0.162. The van der Waals surface area contributed by atoms with E-state index in [2.05, 4.69) is 10.2 Å². The second-order valence-electron chi connectivity index (χ2n) is 6.12. The molecule has 0 spiro atoms. The van der Waals surface area contributed by atoms with Crippen molar-refractivity contribution in [2.45, 2.75) is 50.7 Å². The molecule has 1 aromatic rings. The average molecular weight is 280 g/mol. The van der Waals surface area contributed by atoms with Crippen LogP contribution in [0.2, 0.25) is 0 Å². The number of hydrogen-bond donors (Lipinski definition) is 1. The third-order valence-electron chi connectivity index (χ3n) is 4.75. The number of benzene rings is 1. The minimum absolute atomic E-state index is 0.0584. The largest absolute Gasteiger partial charge is 0.307 e. The molecule has 0 aromatic heterocycles. The number of rotatable bonds is 3. The zero-order chi connectivity index (χ0) is 14.1. The summed E-state index contributed by atoms with van der Waals surface area (Å²) in [6.07, 6.45) is 4.94. The van der Waals surface area contributed by atoms with E-state index in [9.17, 15) is 8.78 Å². The molecular weight excluding hydrogens is 258 g/mol. The monoisotopic (exact) mass is 280 g/mol. The summed E-state index contributed by atoms with van der Waals surface area (Å²) in [4.78, 5) is 2.58. The average Bonchev–Trinajstić information content (AvgIpc) is 2.89. The van der Waals surface area contributed by atoms with Crippen LogP contribution in [0.1, 0.15) is 44.2 Å². The fraction of sp³-hybridized carbons (Fsp3) is 0.625. The third-order valence-corrected chi connectivity index (χ3v) is 4.75. The second-order valence-corrected chi connectivity index (χ2v) is 6.12.